The third-order valence-corrected chi connectivity index (χ3v) is 3.81. The van der Waals surface area contributed by atoms with Gasteiger partial charge >= 0.3 is 11.9 Å². The minimum atomic E-state index is -1.07. The van der Waals surface area contributed by atoms with Gasteiger partial charge in [0.15, 0.2) is 0 Å². The highest BCUT2D eigenvalue weighted by Gasteiger charge is 2.13. The van der Waals surface area contributed by atoms with Gasteiger partial charge in [0.25, 0.3) is 0 Å². The van der Waals surface area contributed by atoms with E-state index in [1.165, 1.54) is 18.2 Å². The van der Waals surface area contributed by atoms with Crippen LogP contribution in [-0.2, 0) is 22.4 Å². The van der Waals surface area contributed by atoms with Crippen LogP contribution in [0.25, 0.3) is 6.08 Å². The Morgan fingerprint density at radius 3 is 2.64 bits per heavy atom. The predicted octanol–water partition coefficient (Wildman–Crippen LogP) is 2.68. The van der Waals surface area contributed by atoms with E-state index < -0.39 is 18.0 Å². The molecule has 0 fully saturated rings. The fourth-order valence-corrected chi connectivity index (χ4v) is 2.48. The van der Waals surface area contributed by atoms with Gasteiger partial charge in [-0.2, -0.15) is 0 Å². The van der Waals surface area contributed by atoms with Crippen LogP contribution in [0.5, 0.6) is 0 Å². The fraction of sp³-hybridized carbons (Fsp3) is 0.200. The smallest absolute Gasteiger partial charge is 0.337 e. The standard InChI is InChI=1S/C11H13NO4.C9H8/c1-16-11(15)8-4-2-3-7(5-8)6-9(12)10(13)14;1-2-5-9-7-3-6-8(9)4-1/h2-5,9H,6,12H2,1H3,(H,13,14);1-6H,7H2/t9-;/m0./s1. The number of methoxy groups -OCH3 is 1. The van der Waals surface area contributed by atoms with E-state index in [-0.39, 0.29) is 6.42 Å². The van der Waals surface area contributed by atoms with Gasteiger partial charge in [-0.1, -0.05) is 48.6 Å². The summed E-state index contributed by atoms with van der Waals surface area (Å²) in [4.78, 5) is 21.8. The van der Waals surface area contributed by atoms with Crippen molar-refractivity contribution in [2.45, 2.75) is 18.9 Å². The SMILES string of the molecule is C1=Cc2ccccc2C1.COC(=O)c1cccc(C[C@H](N)C(=O)O)c1. The molecule has 0 unspecified atom stereocenters. The second kappa shape index (κ2) is 8.80. The molecule has 3 rings (SSSR count). The second-order valence-electron chi connectivity index (χ2n) is 5.65. The zero-order valence-electron chi connectivity index (χ0n) is 14.0. The molecule has 0 spiro atoms. The summed E-state index contributed by atoms with van der Waals surface area (Å²) in [6.07, 6.45) is 5.68. The molecule has 0 bridgehead atoms. The molecule has 1 aliphatic rings. The van der Waals surface area contributed by atoms with Crippen molar-refractivity contribution in [3.8, 4) is 0 Å². The quantitative estimate of drug-likeness (QED) is 0.836. The normalized spacial score (nSPS) is 12.6. The van der Waals surface area contributed by atoms with Gasteiger partial charge in [0, 0.05) is 0 Å². The molecule has 0 amide bonds. The first-order chi connectivity index (χ1) is 12.0. The zero-order chi connectivity index (χ0) is 18.2. The summed E-state index contributed by atoms with van der Waals surface area (Å²) < 4.78 is 4.56. The number of hydrogen-bond acceptors (Lipinski definition) is 4. The molecule has 0 aromatic heterocycles. The summed E-state index contributed by atoms with van der Waals surface area (Å²) in [5.74, 6) is -1.52. The third-order valence-electron chi connectivity index (χ3n) is 3.81. The van der Waals surface area contributed by atoms with Crippen molar-refractivity contribution in [2.24, 2.45) is 5.73 Å². The average molecular weight is 339 g/mol. The average Bonchev–Trinajstić information content (AvgIpc) is 3.10. The molecule has 5 nitrogen and oxygen atoms in total. The highest BCUT2D eigenvalue weighted by atomic mass is 16.5. The molecule has 0 radical (unpaired) electrons. The third kappa shape index (κ3) is 5.29. The maximum atomic E-state index is 11.2. The first-order valence-corrected chi connectivity index (χ1v) is 7.91. The van der Waals surface area contributed by atoms with Crippen molar-refractivity contribution in [3.05, 3.63) is 76.9 Å². The van der Waals surface area contributed by atoms with Crippen LogP contribution < -0.4 is 5.73 Å². The predicted molar refractivity (Wildman–Crippen MR) is 96.3 cm³/mol. The highest BCUT2D eigenvalue weighted by molar-refractivity contribution is 5.89. The number of nitrogens with two attached hydrogens (primary N) is 1. The molecule has 1 atom stereocenters. The van der Waals surface area contributed by atoms with Crippen LogP contribution in [0.4, 0.5) is 0 Å². The van der Waals surface area contributed by atoms with Crippen LogP contribution in [0.1, 0.15) is 27.0 Å². The van der Waals surface area contributed by atoms with Gasteiger partial charge in [0.2, 0.25) is 0 Å². The van der Waals surface area contributed by atoms with Gasteiger partial charge in [-0.15, -0.1) is 0 Å². The summed E-state index contributed by atoms with van der Waals surface area (Å²) in [7, 11) is 1.29. The molecule has 0 heterocycles. The first kappa shape index (κ1) is 18.4. The Balaban J connectivity index is 0.000000208. The Bertz CT molecular complexity index is 783. The van der Waals surface area contributed by atoms with Gasteiger partial charge in [-0.25, -0.2) is 4.79 Å². The Morgan fingerprint density at radius 1 is 1.20 bits per heavy atom. The topological polar surface area (TPSA) is 89.6 Å². The minimum absolute atomic E-state index is 0.181. The number of allylic oxidation sites excluding steroid dienone is 1. The van der Waals surface area contributed by atoms with E-state index in [0.717, 1.165) is 6.42 Å². The molecule has 0 aliphatic heterocycles. The molecule has 5 heteroatoms. The monoisotopic (exact) mass is 339 g/mol. The van der Waals surface area contributed by atoms with E-state index in [9.17, 15) is 9.59 Å². The Kier molecular flexibility index (Phi) is 6.48. The van der Waals surface area contributed by atoms with Crippen LogP contribution in [0.2, 0.25) is 0 Å². The second-order valence-corrected chi connectivity index (χ2v) is 5.65. The summed E-state index contributed by atoms with van der Waals surface area (Å²) in [6.45, 7) is 0. The lowest BCUT2D eigenvalue weighted by molar-refractivity contribution is -0.138. The summed E-state index contributed by atoms with van der Waals surface area (Å²) in [5, 5.41) is 8.65. The van der Waals surface area contributed by atoms with Gasteiger partial charge in [-0.3, -0.25) is 4.79 Å². The van der Waals surface area contributed by atoms with Crippen molar-refractivity contribution in [1.82, 2.24) is 0 Å². The van der Waals surface area contributed by atoms with E-state index in [1.807, 2.05) is 0 Å². The summed E-state index contributed by atoms with van der Waals surface area (Å²) >= 11 is 0. The van der Waals surface area contributed by atoms with E-state index in [0.29, 0.717) is 11.1 Å². The lowest BCUT2D eigenvalue weighted by Crippen LogP contribution is -2.32. The van der Waals surface area contributed by atoms with Crippen molar-refractivity contribution < 1.29 is 19.4 Å². The van der Waals surface area contributed by atoms with Crippen molar-refractivity contribution in [3.63, 3.8) is 0 Å². The van der Waals surface area contributed by atoms with Crippen LogP contribution >= 0.6 is 0 Å². The van der Waals surface area contributed by atoms with Crippen molar-refractivity contribution >= 4 is 18.0 Å². The lowest BCUT2D eigenvalue weighted by atomic mass is 10.0. The largest absolute Gasteiger partial charge is 0.480 e. The molecular formula is C20H21NO4. The van der Waals surface area contributed by atoms with Crippen molar-refractivity contribution in [1.29, 1.82) is 0 Å². The van der Waals surface area contributed by atoms with Crippen LogP contribution in [-0.4, -0.2) is 30.2 Å². The maximum absolute atomic E-state index is 11.2. The van der Waals surface area contributed by atoms with E-state index >= 15 is 0 Å². The number of ether oxygens (including phenoxy) is 1. The molecule has 0 saturated carbocycles. The summed E-state index contributed by atoms with van der Waals surface area (Å²) in [5.41, 5.74) is 9.31. The number of hydrogen-bond donors (Lipinski definition) is 2. The molecule has 25 heavy (non-hydrogen) atoms. The summed E-state index contributed by atoms with van der Waals surface area (Å²) in [6, 6.07) is 14.1. The molecule has 130 valence electrons. The van der Waals surface area contributed by atoms with E-state index in [1.54, 1.807) is 24.3 Å². The molecule has 2 aromatic rings. The fourth-order valence-electron chi connectivity index (χ4n) is 2.48. The van der Waals surface area contributed by atoms with E-state index in [2.05, 4.69) is 41.2 Å². The number of fused-ring (bicyclic) bond motifs is 1. The maximum Gasteiger partial charge on any atom is 0.337 e. The number of carboxylic acids is 1. The molecule has 2 aromatic carbocycles. The minimum Gasteiger partial charge on any atom is -0.480 e. The lowest BCUT2D eigenvalue weighted by Gasteiger charge is -2.07. The van der Waals surface area contributed by atoms with Gasteiger partial charge in [-0.05, 0) is 41.7 Å². The molecule has 1 aliphatic carbocycles. The van der Waals surface area contributed by atoms with E-state index in [4.69, 9.17) is 10.8 Å². The van der Waals surface area contributed by atoms with Gasteiger partial charge in [0.05, 0.1) is 12.7 Å². The number of rotatable bonds is 4. The van der Waals surface area contributed by atoms with Gasteiger partial charge in [0.1, 0.15) is 6.04 Å². The molecular weight excluding hydrogens is 318 g/mol. The Hall–Kier alpha value is -2.92. The number of aliphatic carboxylic acids is 1. The highest BCUT2D eigenvalue weighted by Crippen LogP contribution is 2.17. The number of benzene rings is 2. The number of carboxylic acid groups (broad SMARTS) is 1. The van der Waals surface area contributed by atoms with Gasteiger partial charge < -0.3 is 15.6 Å². The number of esters is 1. The Labute approximate surface area is 146 Å². The molecule has 3 N–H and O–H groups in total. The molecule has 0 saturated heterocycles. The van der Waals surface area contributed by atoms with Crippen molar-refractivity contribution in [2.75, 3.05) is 7.11 Å². The first-order valence-electron chi connectivity index (χ1n) is 7.91. The number of carbonyl (C=O) groups is 2. The zero-order valence-corrected chi connectivity index (χ0v) is 14.0. The van der Waals surface area contributed by atoms with Crippen LogP contribution in [0.15, 0.2) is 54.6 Å². The van der Waals surface area contributed by atoms with Crippen LogP contribution in [0, 0.1) is 0 Å². The number of carbonyl (C=O) groups excluding carboxylic acids is 1. The van der Waals surface area contributed by atoms with Crippen LogP contribution in [0.3, 0.4) is 0 Å². The Morgan fingerprint density at radius 2 is 1.96 bits per heavy atom.